The molecular formula is C19H17FN2O3. The fourth-order valence-corrected chi connectivity index (χ4v) is 3.92. The van der Waals surface area contributed by atoms with E-state index in [1.807, 2.05) is 0 Å². The second-order valence-electron chi connectivity index (χ2n) is 6.40. The third kappa shape index (κ3) is 2.54. The quantitative estimate of drug-likeness (QED) is 0.505. The second-order valence-corrected chi connectivity index (χ2v) is 6.40. The molecule has 0 saturated carbocycles. The minimum absolute atomic E-state index is 0.0107. The first-order chi connectivity index (χ1) is 12.1. The summed E-state index contributed by atoms with van der Waals surface area (Å²) < 4.78 is 18.7. The van der Waals surface area contributed by atoms with Crippen LogP contribution in [0.15, 0.2) is 48.6 Å². The smallest absolute Gasteiger partial charge is 0.273 e. The van der Waals surface area contributed by atoms with Gasteiger partial charge in [0.2, 0.25) is 0 Å². The van der Waals surface area contributed by atoms with Crippen molar-refractivity contribution in [3.8, 4) is 5.75 Å². The number of nitro groups is 1. The lowest BCUT2D eigenvalue weighted by Crippen LogP contribution is -2.29. The van der Waals surface area contributed by atoms with Crippen LogP contribution in [0.5, 0.6) is 5.75 Å². The van der Waals surface area contributed by atoms with Gasteiger partial charge in [-0.25, -0.2) is 4.39 Å². The van der Waals surface area contributed by atoms with E-state index in [0.29, 0.717) is 5.75 Å². The van der Waals surface area contributed by atoms with Crippen molar-refractivity contribution in [1.82, 2.24) is 0 Å². The van der Waals surface area contributed by atoms with E-state index in [1.165, 1.54) is 25.3 Å². The zero-order valence-corrected chi connectivity index (χ0v) is 13.6. The van der Waals surface area contributed by atoms with Crippen LogP contribution in [0.4, 0.5) is 15.8 Å². The molecule has 6 heteroatoms. The van der Waals surface area contributed by atoms with E-state index in [1.54, 1.807) is 18.2 Å². The lowest BCUT2D eigenvalue weighted by atomic mass is 9.76. The van der Waals surface area contributed by atoms with Gasteiger partial charge in [0.05, 0.1) is 29.8 Å². The summed E-state index contributed by atoms with van der Waals surface area (Å²) in [5.41, 5.74) is 2.67. The van der Waals surface area contributed by atoms with Gasteiger partial charge < -0.3 is 10.1 Å². The van der Waals surface area contributed by atoms with E-state index in [0.717, 1.165) is 23.2 Å². The summed E-state index contributed by atoms with van der Waals surface area (Å²) in [5.74, 6) is 0.481. The number of anilines is 1. The van der Waals surface area contributed by atoms with Gasteiger partial charge in [0, 0.05) is 12.0 Å². The van der Waals surface area contributed by atoms with Crippen molar-refractivity contribution in [1.29, 1.82) is 0 Å². The van der Waals surface area contributed by atoms with Crippen LogP contribution in [0.1, 0.15) is 29.5 Å². The van der Waals surface area contributed by atoms with E-state index < -0.39 is 4.92 Å². The number of fused-ring (bicyclic) bond motifs is 3. The van der Waals surface area contributed by atoms with Crippen molar-refractivity contribution in [2.75, 3.05) is 12.4 Å². The first kappa shape index (κ1) is 15.6. The normalized spacial score (nSPS) is 23.5. The molecule has 0 aromatic heterocycles. The average Bonchev–Trinajstić information content (AvgIpc) is 3.10. The number of nitrogens with zero attached hydrogens (tertiary/aromatic N) is 1. The molecule has 25 heavy (non-hydrogen) atoms. The number of methoxy groups -OCH3 is 1. The lowest BCUT2D eigenvalue weighted by Gasteiger charge is -2.38. The minimum atomic E-state index is -0.400. The zero-order valence-electron chi connectivity index (χ0n) is 13.6. The molecule has 1 aliphatic heterocycles. The highest BCUT2D eigenvalue weighted by Crippen LogP contribution is 2.53. The van der Waals surface area contributed by atoms with Gasteiger partial charge in [-0.3, -0.25) is 10.1 Å². The summed E-state index contributed by atoms with van der Waals surface area (Å²) in [6, 6.07) is 9.53. The number of allylic oxidation sites excluding steroid dienone is 2. The fraction of sp³-hybridized carbons (Fsp3) is 0.263. The SMILES string of the molecule is COc1cc([N+](=O)[O-])cc2c1N[C@H](c1ccc(F)cc1)[C@H]1CC=C[C@@H]21. The number of hydrogen-bond donors (Lipinski definition) is 1. The fourth-order valence-electron chi connectivity index (χ4n) is 3.92. The van der Waals surface area contributed by atoms with Crippen LogP contribution in [0.3, 0.4) is 0 Å². The van der Waals surface area contributed by atoms with Gasteiger partial charge in [0.25, 0.3) is 5.69 Å². The summed E-state index contributed by atoms with van der Waals surface area (Å²) in [4.78, 5) is 10.8. The Balaban J connectivity index is 1.84. The Morgan fingerprint density at radius 3 is 2.72 bits per heavy atom. The highest BCUT2D eigenvalue weighted by molar-refractivity contribution is 5.71. The summed E-state index contributed by atoms with van der Waals surface area (Å²) in [5, 5.41) is 14.7. The number of nitrogens with one attached hydrogen (secondary N) is 1. The highest BCUT2D eigenvalue weighted by atomic mass is 19.1. The molecule has 1 N–H and O–H groups in total. The topological polar surface area (TPSA) is 64.4 Å². The van der Waals surface area contributed by atoms with Crippen molar-refractivity contribution in [2.24, 2.45) is 5.92 Å². The molecule has 0 fully saturated rings. The first-order valence-corrected chi connectivity index (χ1v) is 8.13. The first-order valence-electron chi connectivity index (χ1n) is 8.13. The van der Waals surface area contributed by atoms with Crippen molar-refractivity contribution in [3.05, 3.63) is 75.6 Å². The number of hydrogen-bond acceptors (Lipinski definition) is 4. The number of ether oxygens (including phenoxy) is 1. The van der Waals surface area contributed by atoms with Gasteiger partial charge in [0.15, 0.2) is 0 Å². The third-order valence-electron chi connectivity index (χ3n) is 5.08. The third-order valence-corrected chi connectivity index (χ3v) is 5.08. The zero-order chi connectivity index (χ0) is 17.6. The Labute approximate surface area is 144 Å². The Hall–Kier alpha value is -2.89. The molecule has 2 aromatic carbocycles. The number of rotatable bonds is 3. The van der Waals surface area contributed by atoms with Crippen LogP contribution in [-0.4, -0.2) is 12.0 Å². The van der Waals surface area contributed by atoms with E-state index in [-0.39, 0.29) is 29.4 Å². The molecule has 0 saturated heterocycles. The van der Waals surface area contributed by atoms with Crippen LogP contribution in [-0.2, 0) is 0 Å². The molecule has 1 heterocycles. The number of non-ortho nitro benzene ring substituents is 1. The maximum Gasteiger partial charge on any atom is 0.273 e. The molecule has 4 rings (SSSR count). The molecule has 5 nitrogen and oxygen atoms in total. The maximum atomic E-state index is 13.3. The Morgan fingerprint density at radius 1 is 1.28 bits per heavy atom. The van der Waals surface area contributed by atoms with E-state index in [9.17, 15) is 14.5 Å². The Morgan fingerprint density at radius 2 is 2.04 bits per heavy atom. The standard InChI is InChI=1S/C19H17FN2O3/c1-25-17-10-13(22(23)24)9-16-14-3-2-4-15(14)18(21-19(16)17)11-5-7-12(20)8-6-11/h2-3,5-10,14-15,18,21H,4H2,1H3/t14-,15+,18-/m1/s1. The van der Waals surface area contributed by atoms with E-state index in [2.05, 4.69) is 17.5 Å². The molecule has 0 bridgehead atoms. The maximum absolute atomic E-state index is 13.3. The lowest BCUT2D eigenvalue weighted by molar-refractivity contribution is -0.385. The van der Waals surface area contributed by atoms with Gasteiger partial charge in [-0.15, -0.1) is 0 Å². The molecule has 2 aliphatic rings. The average molecular weight is 340 g/mol. The van der Waals surface area contributed by atoms with E-state index >= 15 is 0 Å². The van der Waals surface area contributed by atoms with Gasteiger partial charge in [-0.2, -0.15) is 0 Å². The largest absolute Gasteiger partial charge is 0.494 e. The Bertz CT molecular complexity index is 864. The molecule has 2 aromatic rings. The highest BCUT2D eigenvalue weighted by Gasteiger charge is 2.40. The van der Waals surface area contributed by atoms with E-state index in [4.69, 9.17) is 4.74 Å². The molecule has 0 spiro atoms. The predicted molar refractivity (Wildman–Crippen MR) is 92.4 cm³/mol. The molecule has 128 valence electrons. The van der Waals surface area contributed by atoms with Crippen molar-refractivity contribution < 1.29 is 14.1 Å². The molecule has 0 radical (unpaired) electrons. The molecular weight excluding hydrogens is 323 g/mol. The van der Waals surface area contributed by atoms with Crippen LogP contribution < -0.4 is 10.1 Å². The second kappa shape index (κ2) is 5.88. The van der Waals surface area contributed by atoms with Crippen LogP contribution in [0, 0.1) is 21.8 Å². The van der Waals surface area contributed by atoms with Crippen molar-refractivity contribution in [3.63, 3.8) is 0 Å². The molecule has 0 amide bonds. The monoisotopic (exact) mass is 340 g/mol. The number of halogens is 1. The number of benzene rings is 2. The minimum Gasteiger partial charge on any atom is -0.494 e. The van der Waals surface area contributed by atoms with Gasteiger partial charge in [-0.1, -0.05) is 24.3 Å². The van der Waals surface area contributed by atoms with Crippen molar-refractivity contribution in [2.45, 2.75) is 18.4 Å². The summed E-state index contributed by atoms with van der Waals surface area (Å²) >= 11 is 0. The van der Waals surface area contributed by atoms with Gasteiger partial charge >= 0.3 is 0 Å². The summed E-state index contributed by atoms with van der Waals surface area (Å²) in [6.45, 7) is 0. The van der Waals surface area contributed by atoms with Crippen molar-refractivity contribution >= 4 is 11.4 Å². The molecule has 0 unspecified atom stereocenters. The molecule has 1 aliphatic carbocycles. The van der Waals surface area contributed by atoms with Crippen LogP contribution in [0.2, 0.25) is 0 Å². The predicted octanol–water partition coefficient (Wildman–Crippen LogP) is 4.57. The molecule has 3 atom stereocenters. The summed E-state index contributed by atoms with van der Waals surface area (Å²) in [6.07, 6.45) is 5.07. The Kier molecular flexibility index (Phi) is 3.67. The van der Waals surface area contributed by atoms with Crippen LogP contribution in [0.25, 0.3) is 0 Å². The number of nitro benzene ring substituents is 1. The van der Waals surface area contributed by atoms with Crippen LogP contribution >= 0.6 is 0 Å². The summed E-state index contributed by atoms with van der Waals surface area (Å²) in [7, 11) is 1.50. The van der Waals surface area contributed by atoms with Gasteiger partial charge in [-0.05, 0) is 35.6 Å². The van der Waals surface area contributed by atoms with Gasteiger partial charge in [0.1, 0.15) is 11.6 Å².